The number of aryl methyl sites for hydroxylation is 2. The summed E-state index contributed by atoms with van der Waals surface area (Å²) in [6.45, 7) is 4.84. The van der Waals surface area contributed by atoms with Crippen molar-refractivity contribution in [2.75, 3.05) is 0 Å². The highest BCUT2D eigenvalue weighted by molar-refractivity contribution is 7.89. The lowest BCUT2D eigenvalue weighted by molar-refractivity contribution is 0.390. The lowest BCUT2D eigenvalue weighted by Gasteiger charge is -2.15. The lowest BCUT2D eigenvalue weighted by atomic mass is 10.0. The number of halogens is 2. The average Bonchev–Trinajstić information content (AvgIpc) is 2.96. The molecule has 0 radical (unpaired) electrons. The largest absolute Gasteiger partial charge is 0.360 e. The van der Waals surface area contributed by atoms with Gasteiger partial charge in [-0.15, -0.1) is 0 Å². The summed E-state index contributed by atoms with van der Waals surface area (Å²) in [7, 11) is -3.79. The molecule has 1 aromatic carbocycles. The number of aromatic nitrogens is 2. The summed E-state index contributed by atoms with van der Waals surface area (Å²) >= 11 is 6.02. The van der Waals surface area contributed by atoms with Crippen LogP contribution in [0.2, 0.25) is 5.15 Å². The normalized spacial score (nSPS) is 12.9. The molecule has 3 aromatic rings. The molecule has 9 heteroatoms. The molecule has 6 nitrogen and oxygen atoms in total. The first kappa shape index (κ1) is 19.5. The van der Waals surface area contributed by atoms with Gasteiger partial charge in [-0.3, -0.25) is 0 Å². The van der Waals surface area contributed by atoms with Crippen molar-refractivity contribution in [2.24, 2.45) is 0 Å². The molecule has 0 aliphatic rings. The van der Waals surface area contributed by atoms with Crippen LogP contribution in [0.3, 0.4) is 0 Å². The van der Waals surface area contributed by atoms with Crippen molar-refractivity contribution in [3.05, 3.63) is 64.5 Å². The van der Waals surface area contributed by atoms with Gasteiger partial charge in [0.2, 0.25) is 10.0 Å². The summed E-state index contributed by atoms with van der Waals surface area (Å²) in [4.78, 5) is 3.83. The van der Waals surface area contributed by atoms with E-state index >= 15 is 0 Å². The van der Waals surface area contributed by atoms with Crippen molar-refractivity contribution in [1.82, 2.24) is 14.9 Å². The molecule has 0 saturated heterocycles. The van der Waals surface area contributed by atoms with Crippen LogP contribution in [0.4, 0.5) is 4.39 Å². The van der Waals surface area contributed by atoms with E-state index in [-0.39, 0.29) is 15.8 Å². The van der Waals surface area contributed by atoms with Crippen LogP contribution in [0.25, 0.3) is 11.1 Å². The van der Waals surface area contributed by atoms with Crippen LogP contribution >= 0.6 is 11.6 Å². The quantitative estimate of drug-likeness (QED) is 0.639. The Hall–Kier alpha value is -2.29. The van der Waals surface area contributed by atoms with Crippen molar-refractivity contribution < 1.29 is 17.3 Å². The molecular weight excluding hydrogens is 393 g/mol. The zero-order chi connectivity index (χ0) is 19.8. The Morgan fingerprint density at radius 2 is 1.89 bits per heavy atom. The number of hydrogen-bond acceptors (Lipinski definition) is 5. The predicted molar refractivity (Wildman–Crippen MR) is 99.4 cm³/mol. The highest BCUT2D eigenvalue weighted by Crippen LogP contribution is 2.28. The molecule has 2 heterocycles. The molecule has 1 N–H and O–H groups in total. The zero-order valence-electron chi connectivity index (χ0n) is 14.8. The molecule has 0 saturated carbocycles. The third-order valence-electron chi connectivity index (χ3n) is 4.10. The van der Waals surface area contributed by atoms with E-state index in [1.807, 2.05) is 0 Å². The SMILES string of the molecule is Cc1noc(C)c1S(=O)(=O)N[C@H](C)c1ccc(-c2cc(F)cnc2Cl)cc1. The number of nitrogens with one attached hydrogen (secondary N) is 1. The summed E-state index contributed by atoms with van der Waals surface area (Å²) in [5.74, 6) is -0.255. The van der Waals surface area contributed by atoms with Gasteiger partial charge in [0.05, 0.1) is 6.20 Å². The first-order valence-corrected chi connectivity index (χ1v) is 9.91. The molecule has 1 atom stereocenters. The zero-order valence-corrected chi connectivity index (χ0v) is 16.4. The number of pyridine rings is 1. The van der Waals surface area contributed by atoms with E-state index in [2.05, 4.69) is 14.9 Å². The van der Waals surface area contributed by atoms with E-state index in [1.54, 1.807) is 45.0 Å². The maximum atomic E-state index is 13.4. The van der Waals surface area contributed by atoms with Crippen molar-refractivity contribution in [1.29, 1.82) is 0 Å². The fourth-order valence-electron chi connectivity index (χ4n) is 2.79. The summed E-state index contributed by atoms with van der Waals surface area (Å²) in [5.41, 5.74) is 2.18. The lowest BCUT2D eigenvalue weighted by Crippen LogP contribution is -2.27. The Morgan fingerprint density at radius 1 is 1.22 bits per heavy atom. The van der Waals surface area contributed by atoms with Gasteiger partial charge in [-0.05, 0) is 38.0 Å². The molecular formula is C18H17ClFN3O3S. The minimum atomic E-state index is -3.79. The Morgan fingerprint density at radius 3 is 2.48 bits per heavy atom. The summed E-state index contributed by atoms with van der Waals surface area (Å²) in [5, 5.41) is 3.87. The van der Waals surface area contributed by atoms with Crippen LogP contribution in [-0.2, 0) is 10.0 Å². The molecule has 0 spiro atoms. The minimum Gasteiger partial charge on any atom is -0.360 e. The van der Waals surface area contributed by atoms with Crippen LogP contribution in [-0.4, -0.2) is 18.6 Å². The second-order valence-electron chi connectivity index (χ2n) is 6.11. The standard InChI is InChI=1S/C18H17ClFN3O3S/c1-10(23-27(24,25)17-11(2)22-26-12(17)3)13-4-6-14(7-5-13)16-8-15(20)9-21-18(16)19/h4-10,23H,1-3H3/t10-/m1/s1. The van der Waals surface area contributed by atoms with Crippen LogP contribution in [0.1, 0.15) is 30.0 Å². The van der Waals surface area contributed by atoms with E-state index < -0.39 is 21.9 Å². The molecule has 2 aromatic heterocycles. The van der Waals surface area contributed by atoms with Crippen molar-refractivity contribution in [3.63, 3.8) is 0 Å². The number of nitrogens with zero attached hydrogens (tertiary/aromatic N) is 2. The third-order valence-corrected chi connectivity index (χ3v) is 6.18. The van der Waals surface area contributed by atoms with E-state index in [0.717, 1.165) is 11.8 Å². The summed E-state index contributed by atoms with van der Waals surface area (Å²) < 4.78 is 46.2. The summed E-state index contributed by atoms with van der Waals surface area (Å²) in [6.07, 6.45) is 1.05. The average molecular weight is 410 g/mol. The van der Waals surface area contributed by atoms with Gasteiger partial charge in [-0.2, -0.15) is 0 Å². The molecule has 0 aliphatic carbocycles. The van der Waals surface area contributed by atoms with E-state index in [9.17, 15) is 12.8 Å². The molecule has 0 fully saturated rings. The fourth-order valence-corrected chi connectivity index (χ4v) is 4.57. The molecule has 27 heavy (non-hydrogen) atoms. The molecule has 0 unspecified atom stereocenters. The fraction of sp³-hybridized carbons (Fsp3) is 0.222. The van der Waals surface area contributed by atoms with Crippen LogP contribution in [0, 0.1) is 19.7 Å². The van der Waals surface area contributed by atoms with Crippen molar-refractivity contribution >= 4 is 21.6 Å². The predicted octanol–water partition coefficient (Wildman–Crippen LogP) is 4.19. The molecule has 0 amide bonds. The topological polar surface area (TPSA) is 85.1 Å². The number of sulfonamides is 1. The summed E-state index contributed by atoms with van der Waals surface area (Å²) in [6, 6.07) is 7.76. The Bertz CT molecular complexity index is 1060. The molecule has 142 valence electrons. The maximum absolute atomic E-state index is 13.4. The van der Waals surface area contributed by atoms with Crippen LogP contribution in [0.15, 0.2) is 45.9 Å². The highest BCUT2D eigenvalue weighted by atomic mass is 35.5. The van der Waals surface area contributed by atoms with E-state index in [1.165, 1.54) is 6.07 Å². The van der Waals surface area contributed by atoms with Gasteiger partial charge in [0, 0.05) is 11.6 Å². The van der Waals surface area contributed by atoms with Gasteiger partial charge < -0.3 is 4.52 Å². The van der Waals surface area contributed by atoms with Gasteiger partial charge in [0.25, 0.3) is 0 Å². The van der Waals surface area contributed by atoms with Gasteiger partial charge in [-0.1, -0.05) is 41.0 Å². The van der Waals surface area contributed by atoms with Gasteiger partial charge in [-0.25, -0.2) is 22.5 Å². The smallest absolute Gasteiger partial charge is 0.246 e. The van der Waals surface area contributed by atoms with Crippen LogP contribution in [0.5, 0.6) is 0 Å². The Balaban J connectivity index is 1.84. The first-order valence-electron chi connectivity index (χ1n) is 8.05. The maximum Gasteiger partial charge on any atom is 0.246 e. The van der Waals surface area contributed by atoms with Gasteiger partial charge in [0.1, 0.15) is 21.6 Å². The van der Waals surface area contributed by atoms with Gasteiger partial charge >= 0.3 is 0 Å². The molecule has 3 rings (SSSR count). The minimum absolute atomic E-state index is 0.0450. The highest BCUT2D eigenvalue weighted by Gasteiger charge is 2.26. The monoisotopic (exact) mass is 409 g/mol. The number of benzene rings is 1. The third kappa shape index (κ3) is 4.02. The van der Waals surface area contributed by atoms with Gasteiger partial charge in [0.15, 0.2) is 5.76 Å². The number of rotatable bonds is 5. The van der Waals surface area contributed by atoms with E-state index in [0.29, 0.717) is 16.8 Å². The first-order chi connectivity index (χ1) is 12.7. The second kappa shape index (κ2) is 7.38. The van der Waals surface area contributed by atoms with Crippen LogP contribution < -0.4 is 4.72 Å². The number of hydrogen-bond donors (Lipinski definition) is 1. The Kier molecular flexibility index (Phi) is 5.32. The molecule has 0 aliphatic heterocycles. The van der Waals surface area contributed by atoms with E-state index in [4.69, 9.17) is 16.1 Å². The molecule has 0 bridgehead atoms. The Labute approximate surface area is 161 Å². The second-order valence-corrected chi connectivity index (χ2v) is 8.12. The van der Waals surface area contributed by atoms with Crippen molar-refractivity contribution in [2.45, 2.75) is 31.7 Å². The van der Waals surface area contributed by atoms with Crippen molar-refractivity contribution in [3.8, 4) is 11.1 Å².